The molecule has 2 N–H and O–H groups in total. The number of aliphatic hydroxyl groups is 2. The molecule has 10 fully saturated rings. The molecule has 0 amide bonds. The molecular weight excluding hydrogens is 1370 g/mol. The summed E-state index contributed by atoms with van der Waals surface area (Å²) in [6.45, 7) is 46.8. The van der Waals surface area contributed by atoms with Gasteiger partial charge < -0.3 is 19.7 Å². The number of fused-ring (bicyclic) bond motifs is 14. The van der Waals surface area contributed by atoms with Gasteiger partial charge in [-0.3, -0.25) is 4.79 Å². The number of hydrogen-bond donors (Lipinski definition) is 2. The van der Waals surface area contributed by atoms with Crippen molar-refractivity contribution in [3.8, 4) is 0 Å². The topological polar surface area (TPSA) is 110 Å². The van der Waals surface area contributed by atoms with Crippen molar-refractivity contribution in [1.29, 1.82) is 0 Å². The minimum absolute atomic E-state index is 0.0185. The van der Waals surface area contributed by atoms with Gasteiger partial charge in [-0.15, -0.1) is 0 Å². The van der Waals surface area contributed by atoms with E-state index in [2.05, 4.69) is 141 Å². The number of benzene rings is 3. The van der Waals surface area contributed by atoms with E-state index in [0.717, 1.165) is 69.6 Å². The Balaban J connectivity index is 0.000000205. The number of aliphatic hydroxyl groups excluding tert-OH is 2. The number of ether oxygens (including phenoxy) is 2. The van der Waals surface area contributed by atoms with Crippen molar-refractivity contribution >= 4 is 28.8 Å². The van der Waals surface area contributed by atoms with E-state index in [-0.39, 0.29) is 67.3 Å². The number of allylic oxidation sites excluding steroid dienone is 2. The highest BCUT2D eigenvalue weighted by Crippen LogP contribution is 2.80. The van der Waals surface area contributed by atoms with Crippen molar-refractivity contribution in [2.24, 2.45) is 113 Å². The van der Waals surface area contributed by atoms with Gasteiger partial charge in [-0.1, -0.05) is 228 Å². The first-order valence-electron chi connectivity index (χ1n) is 45.7. The lowest BCUT2D eigenvalue weighted by atomic mass is 9.32. The number of esters is 2. The Morgan fingerprint density at radius 1 is 0.418 bits per heavy atom. The maximum atomic E-state index is 13.7. The summed E-state index contributed by atoms with van der Waals surface area (Å²) in [6, 6.07) is 24.1. The highest BCUT2D eigenvalue weighted by molar-refractivity contribution is 6.67. The molecule has 0 radical (unpaired) electrons. The predicted octanol–water partition coefficient (Wildman–Crippen LogP) is 27.3. The molecule has 8 heteroatoms. The van der Waals surface area contributed by atoms with Gasteiger partial charge in [0, 0.05) is 23.0 Å². The quantitative estimate of drug-likeness (QED) is 0.0339. The SMILES string of the molecule is C=C(C)[C@@H]1CC[C@]2(CO)CC[C@]3(C)[C@H](CC[C@@H]4[C@@]5(C)CC[C@H](O)C(C)(C)[C@@H]5CC[C@]43C)[C@@H]12.C=C(C)[C@@H]1CC[C@]2(COC(=O)c3ccc(CCCCCCC)cc3)CC[C@]3(C)[C@H](CC[C@@H]4[C@@]5(C)CC[C@H](OC(=O)c6ccc(CCCCCCC)cc6)C(C)(C)[C@@H]5CC[C@]43C)[C@@H]12.CCCCCCCc1ccc(C(=O)Cl)cc1. The van der Waals surface area contributed by atoms with Crippen LogP contribution in [0.5, 0.6) is 0 Å². The minimum Gasteiger partial charge on any atom is -0.461 e. The molecule has 10 aliphatic rings. The fraction of sp³-hybridized carbons (Fsp3) is 0.755. The second-order valence-electron chi connectivity index (χ2n) is 41.8. The standard InChI is InChI=1S/C58H86O4.C30H50O2.C14H19ClO/c1-10-12-14-16-18-20-42-22-26-44(27-23-42)52(59)61-40-58-37-32-46(41(3)4)51(58)47-30-31-49-55(7)35-34-50(54(5,6)48(55)33-36-57(49,9)56(47,8)38-39-58)62-53(60)45-28-24-43(25-29-45)21-19-17-15-13-11-2;1-19(2)20-10-15-30(18-31)17-16-28(6)21(25(20)30)8-9-23-27(5)13-12-24(32)26(3,4)22(27)11-14-29(23,28)7;1-2-3-4-5-6-7-12-8-10-13(11-9-12)14(15)16/h22-29,46-51H,3,10-21,30-40H2,1-2,4-9H3;20-25,31-32H,1,8-18H2,2-7H3;8-11H,2-7H2,1H3/t46-,47+,48-,49+,50-,51+,55-,56+,57+,58+;20-,21+,22-,23+,24-,25+,27-,28+,29+,30+;/m00./s1. The summed E-state index contributed by atoms with van der Waals surface area (Å²) in [4.78, 5) is 38.3. The van der Waals surface area contributed by atoms with Gasteiger partial charge in [0.1, 0.15) is 6.10 Å². The van der Waals surface area contributed by atoms with Gasteiger partial charge >= 0.3 is 11.9 Å². The Kier molecular flexibility index (Phi) is 28.0. The first-order chi connectivity index (χ1) is 52.2. The van der Waals surface area contributed by atoms with Crippen LogP contribution in [0.3, 0.4) is 0 Å². The van der Waals surface area contributed by atoms with Crippen LogP contribution in [0.2, 0.25) is 0 Å². The van der Waals surface area contributed by atoms with Crippen molar-refractivity contribution in [2.75, 3.05) is 13.2 Å². The summed E-state index contributed by atoms with van der Waals surface area (Å²) in [5, 5.41) is 21.2. The van der Waals surface area contributed by atoms with Crippen LogP contribution in [-0.2, 0) is 28.7 Å². The van der Waals surface area contributed by atoms with Crippen molar-refractivity contribution in [3.63, 3.8) is 0 Å². The number of unbranched alkanes of at least 4 members (excludes halogenated alkanes) is 12. The monoisotopic (exact) mass is 1530 g/mol. The Bertz CT molecular complexity index is 3590. The Labute approximate surface area is 675 Å². The molecule has 0 spiro atoms. The van der Waals surface area contributed by atoms with Gasteiger partial charge in [0.25, 0.3) is 5.24 Å². The zero-order valence-electron chi connectivity index (χ0n) is 72.4. The van der Waals surface area contributed by atoms with Gasteiger partial charge in [-0.25, -0.2) is 9.59 Å². The van der Waals surface area contributed by atoms with Crippen LogP contribution < -0.4 is 0 Å². The second-order valence-corrected chi connectivity index (χ2v) is 42.2. The van der Waals surface area contributed by atoms with Crippen molar-refractivity contribution < 1.29 is 34.1 Å². The third-order valence-corrected chi connectivity index (χ3v) is 35.9. The van der Waals surface area contributed by atoms with Gasteiger partial charge in [0.15, 0.2) is 0 Å². The molecule has 0 aromatic heterocycles. The molecule has 10 saturated carbocycles. The van der Waals surface area contributed by atoms with Crippen molar-refractivity contribution in [1.82, 2.24) is 0 Å². The van der Waals surface area contributed by atoms with E-state index in [4.69, 9.17) is 21.1 Å². The minimum atomic E-state index is -0.380. The van der Waals surface area contributed by atoms with Crippen LogP contribution in [0.25, 0.3) is 0 Å². The average Bonchev–Trinajstić information content (AvgIpc) is 1.10. The fourth-order valence-corrected chi connectivity index (χ4v) is 29.1. The summed E-state index contributed by atoms with van der Waals surface area (Å²) in [5.74, 6) is 5.73. The number of hydrogen-bond acceptors (Lipinski definition) is 7. The molecule has 0 unspecified atom stereocenters. The lowest BCUT2D eigenvalue weighted by Crippen LogP contribution is -2.67. The summed E-state index contributed by atoms with van der Waals surface area (Å²) in [7, 11) is 0. The number of aryl methyl sites for hydroxylation is 3. The molecular formula is C102H155ClO7. The van der Waals surface area contributed by atoms with E-state index in [1.165, 1.54) is 214 Å². The molecule has 0 aliphatic heterocycles. The number of carbonyl (C=O) groups excluding carboxylic acids is 3. The highest BCUT2D eigenvalue weighted by Gasteiger charge is 2.73. The molecule has 13 rings (SSSR count). The van der Waals surface area contributed by atoms with Crippen molar-refractivity contribution in [3.05, 3.63) is 130 Å². The van der Waals surface area contributed by atoms with Crippen LogP contribution in [0.15, 0.2) is 97.1 Å². The van der Waals surface area contributed by atoms with Crippen LogP contribution in [-0.4, -0.2) is 52.8 Å². The fourth-order valence-electron chi connectivity index (χ4n) is 29.0. The van der Waals surface area contributed by atoms with E-state index in [9.17, 15) is 24.6 Å². The van der Waals surface area contributed by atoms with E-state index >= 15 is 0 Å². The molecule has 0 saturated heterocycles. The highest BCUT2D eigenvalue weighted by atomic mass is 35.5. The summed E-state index contributed by atoms with van der Waals surface area (Å²) in [6.07, 6.45) is 46.2. The van der Waals surface area contributed by atoms with E-state index in [0.29, 0.717) is 93.5 Å². The molecule has 10 aliphatic carbocycles. The average molecular weight is 1530 g/mol. The normalized spacial score (nSPS) is 37.4. The molecule has 0 heterocycles. The third kappa shape index (κ3) is 16.6. The zero-order chi connectivity index (χ0) is 79.5. The van der Waals surface area contributed by atoms with Crippen LogP contribution >= 0.6 is 11.6 Å². The maximum absolute atomic E-state index is 13.7. The zero-order valence-corrected chi connectivity index (χ0v) is 73.1. The molecule has 3 aromatic carbocycles. The van der Waals surface area contributed by atoms with E-state index in [1.54, 1.807) is 12.1 Å². The van der Waals surface area contributed by atoms with Gasteiger partial charge in [0.2, 0.25) is 0 Å². The van der Waals surface area contributed by atoms with Gasteiger partial charge in [0.05, 0.1) is 23.8 Å². The number of halogens is 1. The molecule has 0 bridgehead atoms. The molecule has 612 valence electrons. The van der Waals surface area contributed by atoms with E-state index in [1.807, 2.05) is 36.4 Å². The largest absolute Gasteiger partial charge is 0.461 e. The summed E-state index contributed by atoms with van der Waals surface area (Å²) >= 11 is 5.38. The van der Waals surface area contributed by atoms with Gasteiger partial charge in [-0.05, 0) is 348 Å². The van der Waals surface area contributed by atoms with Crippen molar-refractivity contribution in [2.45, 2.75) is 360 Å². The predicted molar refractivity (Wildman–Crippen MR) is 457 cm³/mol. The third-order valence-electron chi connectivity index (χ3n) is 35.7. The summed E-state index contributed by atoms with van der Waals surface area (Å²) in [5.41, 5.74) is 10.3. The summed E-state index contributed by atoms with van der Waals surface area (Å²) < 4.78 is 12.9. The first kappa shape index (κ1) is 86.8. The van der Waals surface area contributed by atoms with E-state index < -0.39 is 0 Å². The molecule has 3 aromatic rings. The second kappa shape index (κ2) is 35.4. The lowest BCUT2D eigenvalue weighted by molar-refractivity contribution is -0.249. The maximum Gasteiger partial charge on any atom is 0.338 e. The van der Waals surface area contributed by atoms with Crippen LogP contribution in [0.4, 0.5) is 0 Å². The van der Waals surface area contributed by atoms with Crippen LogP contribution in [0, 0.1) is 113 Å². The number of rotatable bonds is 27. The Morgan fingerprint density at radius 2 is 0.809 bits per heavy atom. The lowest BCUT2D eigenvalue weighted by Gasteiger charge is -2.73. The van der Waals surface area contributed by atoms with Crippen LogP contribution in [0.1, 0.15) is 376 Å². The first-order valence-corrected chi connectivity index (χ1v) is 46.1. The molecule has 110 heavy (non-hydrogen) atoms. The molecule has 20 atom stereocenters. The smallest absolute Gasteiger partial charge is 0.338 e. The Morgan fingerprint density at radius 3 is 1.24 bits per heavy atom. The van der Waals surface area contributed by atoms with Gasteiger partial charge in [-0.2, -0.15) is 0 Å². The Hall–Kier alpha value is -4.04. The molecule has 7 nitrogen and oxygen atoms in total. The number of carbonyl (C=O) groups is 3.